The van der Waals surface area contributed by atoms with Gasteiger partial charge in [0.2, 0.25) is 5.91 Å². The van der Waals surface area contributed by atoms with Crippen molar-refractivity contribution in [1.29, 1.82) is 0 Å². The number of carbonyl (C=O) groups excluding carboxylic acids is 1. The fraction of sp³-hybridized carbons (Fsp3) is 0.467. The third kappa shape index (κ3) is 2.95. The number of rotatable bonds is 3. The number of hydrogen-bond acceptors (Lipinski definition) is 2. The third-order valence-electron chi connectivity index (χ3n) is 3.74. The van der Waals surface area contributed by atoms with Crippen molar-refractivity contribution in [3.05, 3.63) is 35.9 Å². The quantitative estimate of drug-likeness (QED) is 0.908. The molecule has 1 aliphatic heterocycles. The number of benzene rings is 1. The smallest absolute Gasteiger partial charge is 0.326 e. The number of amides is 1. The molecule has 0 aliphatic carbocycles. The summed E-state index contributed by atoms with van der Waals surface area (Å²) in [5.74, 6) is -1.27. The molecule has 102 valence electrons. The van der Waals surface area contributed by atoms with Crippen LogP contribution < -0.4 is 0 Å². The Kier molecular flexibility index (Phi) is 4.20. The van der Waals surface area contributed by atoms with Crippen LogP contribution in [0.5, 0.6) is 0 Å². The normalized spacial score (nSPS) is 20.9. The van der Waals surface area contributed by atoms with Crippen LogP contribution in [-0.4, -0.2) is 34.5 Å². The van der Waals surface area contributed by atoms with Gasteiger partial charge in [-0.3, -0.25) is 4.79 Å². The summed E-state index contributed by atoms with van der Waals surface area (Å²) in [7, 11) is 0. The van der Waals surface area contributed by atoms with Crippen LogP contribution in [0.1, 0.15) is 37.7 Å². The SMILES string of the molecule is C[C@@H](C(=O)N1CCCCC1C(=O)O)c1ccccc1. The molecule has 2 atom stereocenters. The highest BCUT2D eigenvalue weighted by Gasteiger charge is 2.34. The molecule has 1 fully saturated rings. The van der Waals surface area contributed by atoms with Crippen molar-refractivity contribution in [2.45, 2.75) is 38.1 Å². The van der Waals surface area contributed by atoms with Gasteiger partial charge in [-0.1, -0.05) is 30.3 Å². The van der Waals surface area contributed by atoms with Gasteiger partial charge in [-0.2, -0.15) is 0 Å². The van der Waals surface area contributed by atoms with E-state index < -0.39 is 12.0 Å². The van der Waals surface area contributed by atoms with E-state index in [9.17, 15) is 14.7 Å². The van der Waals surface area contributed by atoms with Crippen LogP contribution in [0, 0.1) is 0 Å². The summed E-state index contributed by atoms with van der Waals surface area (Å²) in [5.41, 5.74) is 0.933. The van der Waals surface area contributed by atoms with Gasteiger partial charge in [-0.05, 0) is 31.7 Å². The van der Waals surface area contributed by atoms with E-state index in [-0.39, 0.29) is 11.8 Å². The summed E-state index contributed by atoms with van der Waals surface area (Å²) in [6, 6.07) is 8.84. The molecule has 1 unspecified atom stereocenters. The molecule has 1 aromatic rings. The second-order valence-electron chi connectivity index (χ2n) is 5.01. The molecule has 0 spiro atoms. The maximum atomic E-state index is 12.5. The summed E-state index contributed by atoms with van der Waals surface area (Å²) < 4.78 is 0. The van der Waals surface area contributed by atoms with Gasteiger partial charge in [-0.25, -0.2) is 4.79 Å². The van der Waals surface area contributed by atoms with Gasteiger partial charge in [0.05, 0.1) is 5.92 Å². The van der Waals surface area contributed by atoms with E-state index in [1.807, 2.05) is 37.3 Å². The summed E-state index contributed by atoms with van der Waals surface area (Å²) in [6.45, 7) is 2.39. The second kappa shape index (κ2) is 5.87. The number of carboxylic acid groups (broad SMARTS) is 1. The van der Waals surface area contributed by atoms with Gasteiger partial charge >= 0.3 is 5.97 Å². The molecule has 0 saturated carbocycles. The average Bonchev–Trinajstić information content (AvgIpc) is 2.46. The Balaban J connectivity index is 2.15. The number of carboxylic acids is 1. The largest absolute Gasteiger partial charge is 0.480 e. The Bertz CT molecular complexity index is 458. The highest BCUT2D eigenvalue weighted by molar-refractivity contribution is 5.88. The van der Waals surface area contributed by atoms with Crippen LogP contribution in [0.4, 0.5) is 0 Å². The molecule has 1 N–H and O–H groups in total. The molecule has 19 heavy (non-hydrogen) atoms. The van der Waals surface area contributed by atoms with Crippen LogP contribution in [0.3, 0.4) is 0 Å². The molecule has 2 rings (SSSR count). The monoisotopic (exact) mass is 261 g/mol. The maximum absolute atomic E-state index is 12.5. The molecule has 0 bridgehead atoms. The van der Waals surface area contributed by atoms with Gasteiger partial charge in [0.1, 0.15) is 6.04 Å². The van der Waals surface area contributed by atoms with Crippen molar-refractivity contribution >= 4 is 11.9 Å². The van der Waals surface area contributed by atoms with Gasteiger partial charge < -0.3 is 10.0 Å². The predicted molar refractivity (Wildman–Crippen MR) is 71.8 cm³/mol. The summed E-state index contributed by atoms with van der Waals surface area (Å²) in [4.78, 5) is 25.2. The third-order valence-corrected chi connectivity index (χ3v) is 3.74. The summed E-state index contributed by atoms with van der Waals surface area (Å²) in [6.07, 6.45) is 2.32. The number of carbonyl (C=O) groups is 2. The lowest BCUT2D eigenvalue weighted by Gasteiger charge is -2.34. The van der Waals surface area contributed by atoms with Gasteiger partial charge in [0.15, 0.2) is 0 Å². The zero-order chi connectivity index (χ0) is 13.8. The van der Waals surface area contributed by atoms with Crippen LogP contribution >= 0.6 is 0 Å². The first-order chi connectivity index (χ1) is 9.11. The van der Waals surface area contributed by atoms with Crippen LogP contribution in [0.2, 0.25) is 0 Å². The van der Waals surface area contributed by atoms with Crippen molar-refractivity contribution in [2.75, 3.05) is 6.54 Å². The molecular weight excluding hydrogens is 242 g/mol. The van der Waals surface area contributed by atoms with Crippen LogP contribution in [-0.2, 0) is 9.59 Å². The molecule has 0 radical (unpaired) electrons. The fourth-order valence-electron chi connectivity index (χ4n) is 2.59. The molecule has 0 aromatic heterocycles. The maximum Gasteiger partial charge on any atom is 0.326 e. The van der Waals surface area contributed by atoms with Gasteiger partial charge in [0, 0.05) is 6.54 Å². The highest BCUT2D eigenvalue weighted by atomic mass is 16.4. The minimum absolute atomic E-state index is 0.0849. The lowest BCUT2D eigenvalue weighted by molar-refractivity contribution is -0.152. The van der Waals surface area contributed by atoms with E-state index in [0.29, 0.717) is 13.0 Å². The fourth-order valence-corrected chi connectivity index (χ4v) is 2.59. The molecule has 1 aliphatic rings. The predicted octanol–water partition coefficient (Wildman–Crippen LogP) is 2.26. The Labute approximate surface area is 113 Å². The standard InChI is InChI=1S/C15H19NO3/c1-11(12-7-3-2-4-8-12)14(17)16-10-6-5-9-13(16)15(18)19/h2-4,7-8,11,13H,5-6,9-10H2,1H3,(H,18,19)/t11-,13?/m1/s1. The Hall–Kier alpha value is -1.84. The molecule has 4 heteroatoms. The van der Waals surface area contributed by atoms with Crippen LogP contribution in [0.15, 0.2) is 30.3 Å². The van der Waals surface area contributed by atoms with E-state index in [4.69, 9.17) is 0 Å². The van der Waals surface area contributed by atoms with Gasteiger partial charge in [-0.15, -0.1) is 0 Å². The van der Waals surface area contributed by atoms with Crippen molar-refractivity contribution in [1.82, 2.24) is 4.90 Å². The Morgan fingerprint density at radius 1 is 1.26 bits per heavy atom. The lowest BCUT2D eigenvalue weighted by Crippen LogP contribution is -2.49. The first-order valence-corrected chi connectivity index (χ1v) is 6.69. The van der Waals surface area contributed by atoms with E-state index in [2.05, 4.69) is 0 Å². The molecular formula is C15H19NO3. The van der Waals surface area contributed by atoms with E-state index >= 15 is 0 Å². The summed E-state index contributed by atoms with van der Waals surface area (Å²) >= 11 is 0. The molecule has 1 heterocycles. The number of aliphatic carboxylic acids is 1. The minimum Gasteiger partial charge on any atom is -0.480 e. The van der Waals surface area contributed by atoms with Crippen molar-refractivity contribution in [2.24, 2.45) is 0 Å². The van der Waals surface area contributed by atoms with Gasteiger partial charge in [0.25, 0.3) is 0 Å². The molecule has 1 amide bonds. The number of likely N-dealkylation sites (tertiary alicyclic amines) is 1. The number of piperidine rings is 1. The minimum atomic E-state index is -0.895. The van der Waals surface area contributed by atoms with Crippen molar-refractivity contribution in [3.8, 4) is 0 Å². The topological polar surface area (TPSA) is 57.6 Å². The highest BCUT2D eigenvalue weighted by Crippen LogP contribution is 2.24. The Morgan fingerprint density at radius 2 is 1.95 bits per heavy atom. The number of hydrogen-bond donors (Lipinski definition) is 1. The average molecular weight is 261 g/mol. The zero-order valence-corrected chi connectivity index (χ0v) is 11.1. The summed E-state index contributed by atoms with van der Waals surface area (Å²) in [5, 5.41) is 9.22. The van der Waals surface area contributed by atoms with E-state index in [1.54, 1.807) is 0 Å². The first kappa shape index (κ1) is 13.6. The molecule has 1 aromatic carbocycles. The zero-order valence-electron chi connectivity index (χ0n) is 11.1. The lowest BCUT2D eigenvalue weighted by atomic mass is 9.95. The van der Waals surface area contributed by atoms with E-state index in [0.717, 1.165) is 18.4 Å². The molecule has 4 nitrogen and oxygen atoms in total. The Morgan fingerprint density at radius 3 is 2.58 bits per heavy atom. The van der Waals surface area contributed by atoms with Crippen molar-refractivity contribution < 1.29 is 14.7 Å². The second-order valence-corrected chi connectivity index (χ2v) is 5.01. The van der Waals surface area contributed by atoms with Crippen molar-refractivity contribution in [3.63, 3.8) is 0 Å². The number of nitrogens with zero attached hydrogens (tertiary/aromatic N) is 1. The molecule has 1 saturated heterocycles. The van der Waals surface area contributed by atoms with E-state index in [1.165, 1.54) is 4.90 Å². The van der Waals surface area contributed by atoms with Crippen LogP contribution in [0.25, 0.3) is 0 Å². The first-order valence-electron chi connectivity index (χ1n) is 6.69.